The standard InChI is InChI=1S/C8H7BrClI/c1-5-2-6(4-10)8(11)3-7(5)9/h2-3H,4H2,1H3. The molecule has 0 bridgehead atoms. The molecular weight excluding hydrogens is 338 g/mol. The van der Waals surface area contributed by atoms with Gasteiger partial charge in [-0.3, -0.25) is 0 Å². The highest BCUT2D eigenvalue weighted by Gasteiger charge is 2.01. The van der Waals surface area contributed by atoms with Crippen LogP contribution in [0.15, 0.2) is 16.6 Å². The minimum atomic E-state index is 0.590. The third-order valence-electron chi connectivity index (χ3n) is 1.47. The normalized spacial score (nSPS) is 10.2. The van der Waals surface area contributed by atoms with Crippen LogP contribution in [0.4, 0.5) is 0 Å². The summed E-state index contributed by atoms with van der Waals surface area (Å²) in [7, 11) is 0. The van der Waals surface area contributed by atoms with Crippen molar-refractivity contribution in [2.24, 2.45) is 0 Å². The van der Waals surface area contributed by atoms with E-state index in [1.54, 1.807) is 0 Å². The number of aryl methyl sites for hydroxylation is 1. The molecule has 0 aliphatic carbocycles. The van der Waals surface area contributed by atoms with Crippen molar-refractivity contribution in [1.29, 1.82) is 0 Å². The van der Waals surface area contributed by atoms with Gasteiger partial charge in [0.2, 0.25) is 0 Å². The van der Waals surface area contributed by atoms with Gasteiger partial charge in [-0.15, -0.1) is 11.6 Å². The number of halogens is 3. The lowest BCUT2D eigenvalue weighted by atomic mass is 10.2. The van der Waals surface area contributed by atoms with Crippen LogP contribution in [0.5, 0.6) is 0 Å². The highest BCUT2D eigenvalue weighted by molar-refractivity contribution is 14.1. The van der Waals surface area contributed by atoms with E-state index in [-0.39, 0.29) is 0 Å². The van der Waals surface area contributed by atoms with E-state index >= 15 is 0 Å². The summed E-state index contributed by atoms with van der Waals surface area (Å²) in [4.78, 5) is 0. The second-order valence-corrected chi connectivity index (χ2v) is 4.61. The van der Waals surface area contributed by atoms with E-state index in [1.807, 2.05) is 0 Å². The van der Waals surface area contributed by atoms with Gasteiger partial charge in [0, 0.05) is 13.9 Å². The first kappa shape index (κ1) is 9.81. The maximum absolute atomic E-state index is 5.74. The molecule has 0 N–H and O–H groups in total. The predicted molar refractivity (Wildman–Crippen MR) is 61.2 cm³/mol. The van der Waals surface area contributed by atoms with Crippen LogP contribution in [-0.4, -0.2) is 0 Å². The molecule has 1 aromatic carbocycles. The van der Waals surface area contributed by atoms with Gasteiger partial charge in [-0.25, -0.2) is 0 Å². The molecule has 3 heteroatoms. The summed E-state index contributed by atoms with van der Waals surface area (Å²) in [5.41, 5.74) is 2.44. The van der Waals surface area contributed by atoms with E-state index in [9.17, 15) is 0 Å². The van der Waals surface area contributed by atoms with Crippen molar-refractivity contribution in [2.45, 2.75) is 12.8 Å². The molecule has 0 saturated heterocycles. The molecule has 0 amide bonds. The molecule has 0 unspecified atom stereocenters. The summed E-state index contributed by atoms with van der Waals surface area (Å²) < 4.78 is 2.37. The average molecular weight is 345 g/mol. The van der Waals surface area contributed by atoms with Crippen LogP contribution in [-0.2, 0) is 5.88 Å². The highest BCUT2D eigenvalue weighted by Crippen LogP contribution is 2.23. The van der Waals surface area contributed by atoms with Crippen molar-refractivity contribution in [3.05, 3.63) is 31.3 Å². The molecule has 0 aliphatic rings. The third kappa shape index (κ3) is 2.33. The first-order chi connectivity index (χ1) is 5.15. The molecule has 1 aromatic rings. The lowest BCUT2D eigenvalue weighted by Gasteiger charge is -2.03. The van der Waals surface area contributed by atoms with E-state index in [0.29, 0.717) is 5.88 Å². The van der Waals surface area contributed by atoms with Crippen LogP contribution in [0.25, 0.3) is 0 Å². The van der Waals surface area contributed by atoms with Gasteiger partial charge in [-0.05, 0) is 46.7 Å². The predicted octanol–water partition coefficient (Wildman–Crippen LogP) is 4.10. The van der Waals surface area contributed by atoms with Crippen LogP contribution in [0, 0.1) is 10.5 Å². The summed E-state index contributed by atoms with van der Waals surface area (Å²) in [5, 5.41) is 0. The smallest absolute Gasteiger partial charge is 0.0484 e. The first-order valence-corrected chi connectivity index (χ1v) is 5.56. The van der Waals surface area contributed by atoms with Crippen LogP contribution < -0.4 is 0 Å². The quantitative estimate of drug-likeness (QED) is 0.531. The molecule has 0 aromatic heterocycles. The van der Waals surface area contributed by atoms with E-state index in [0.717, 1.165) is 4.47 Å². The third-order valence-corrected chi connectivity index (χ3v) is 3.62. The Kier molecular flexibility index (Phi) is 3.65. The number of benzene rings is 1. The Balaban J connectivity index is 3.21. The average Bonchev–Trinajstić information content (AvgIpc) is 1.97. The molecule has 11 heavy (non-hydrogen) atoms. The number of rotatable bonds is 1. The Morgan fingerprint density at radius 1 is 1.55 bits per heavy atom. The summed E-state index contributed by atoms with van der Waals surface area (Å²) in [6.45, 7) is 2.07. The fourth-order valence-electron chi connectivity index (χ4n) is 0.819. The Morgan fingerprint density at radius 3 is 2.73 bits per heavy atom. The van der Waals surface area contributed by atoms with Crippen molar-refractivity contribution in [2.75, 3.05) is 0 Å². The van der Waals surface area contributed by atoms with Gasteiger partial charge in [-0.2, -0.15) is 0 Å². The summed E-state index contributed by atoms with van der Waals surface area (Å²) in [5.74, 6) is 0.590. The van der Waals surface area contributed by atoms with Gasteiger partial charge in [0.05, 0.1) is 0 Å². The highest BCUT2D eigenvalue weighted by atomic mass is 127. The van der Waals surface area contributed by atoms with Crippen LogP contribution in [0.3, 0.4) is 0 Å². The Hall–Kier alpha value is 0.720. The number of hydrogen-bond acceptors (Lipinski definition) is 0. The second-order valence-electron chi connectivity index (χ2n) is 2.33. The summed E-state index contributed by atoms with van der Waals surface area (Å²) in [6.07, 6.45) is 0. The number of alkyl halides is 1. The molecular formula is C8H7BrClI. The van der Waals surface area contributed by atoms with Crippen LogP contribution in [0.2, 0.25) is 0 Å². The van der Waals surface area contributed by atoms with Gasteiger partial charge < -0.3 is 0 Å². The van der Waals surface area contributed by atoms with Crippen molar-refractivity contribution in [3.63, 3.8) is 0 Å². The maximum atomic E-state index is 5.74. The van der Waals surface area contributed by atoms with Crippen molar-refractivity contribution < 1.29 is 0 Å². The van der Waals surface area contributed by atoms with Crippen molar-refractivity contribution in [3.8, 4) is 0 Å². The van der Waals surface area contributed by atoms with Gasteiger partial charge in [0.25, 0.3) is 0 Å². The molecule has 0 heterocycles. The molecule has 0 radical (unpaired) electrons. The zero-order chi connectivity index (χ0) is 8.43. The fourth-order valence-corrected chi connectivity index (χ4v) is 2.70. The minimum Gasteiger partial charge on any atom is -0.122 e. The SMILES string of the molecule is Cc1cc(CCl)c(I)cc1Br. The molecule has 0 fully saturated rings. The maximum Gasteiger partial charge on any atom is 0.0484 e. The molecule has 0 spiro atoms. The van der Waals surface area contributed by atoms with Crippen molar-refractivity contribution >= 4 is 50.1 Å². The minimum absolute atomic E-state index is 0.590. The largest absolute Gasteiger partial charge is 0.122 e. The van der Waals surface area contributed by atoms with Gasteiger partial charge in [0.1, 0.15) is 0 Å². The number of hydrogen-bond donors (Lipinski definition) is 0. The van der Waals surface area contributed by atoms with E-state index < -0.39 is 0 Å². The van der Waals surface area contributed by atoms with Gasteiger partial charge in [-0.1, -0.05) is 22.0 Å². The Bertz CT molecular complexity index is 273. The fraction of sp³-hybridized carbons (Fsp3) is 0.250. The molecule has 0 saturated carbocycles. The van der Waals surface area contributed by atoms with Crippen molar-refractivity contribution in [1.82, 2.24) is 0 Å². The topological polar surface area (TPSA) is 0 Å². The summed E-state index contributed by atoms with van der Waals surface area (Å²) >= 11 is 11.5. The molecule has 0 aliphatic heterocycles. The monoisotopic (exact) mass is 344 g/mol. The Morgan fingerprint density at radius 2 is 2.18 bits per heavy atom. The lowest BCUT2D eigenvalue weighted by Crippen LogP contribution is -1.86. The second kappa shape index (κ2) is 4.10. The van der Waals surface area contributed by atoms with Gasteiger partial charge in [0.15, 0.2) is 0 Å². The van der Waals surface area contributed by atoms with Crippen LogP contribution in [0.1, 0.15) is 11.1 Å². The molecule has 0 nitrogen and oxygen atoms in total. The van der Waals surface area contributed by atoms with Gasteiger partial charge >= 0.3 is 0 Å². The Labute approximate surface area is 93.6 Å². The molecule has 1 rings (SSSR count). The zero-order valence-corrected chi connectivity index (χ0v) is 10.5. The zero-order valence-electron chi connectivity index (χ0n) is 6.00. The molecule has 60 valence electrons. The summed E-state index contributed by atoms with van der Waals surface area (Å²) in [6, 6.07) is 4.20. The lowest BCUT2D eigenvalue weighted by molar-refractivity contribution is 1.30. The van der Waals surface area contributed by atoms with E-state index in [2.05, 4.69) is 57.6 Å². The van der Waals surface area contributed by atoms with Crippen LogP contribution >= 0.6 is 50.1 Å². The first-order valence-electron chi connectivity index (χ1n) is 3.15. The van der Waals surface area contributed by atoms with E-state index in [1.165, 1.54) is 14.7 Å². The van der Waals surface area contributed by atoms with E-state index in [4.69, 9.17) is 11.6 Å². The molecule has 0 atom stereocenters.